The number of rotatable bonds is 3. The number of likely N-dealkylation sites (tertiary alicyclic amines) is 1. The molecule has 0 saturated carbocycles. The maximum atomic E-state index is 12.5. The number of amides is 2. The molecule has 2 N–H and O–H groups in total. The van der Waals surface area contributed by atoms with Crippen molar-refractivity contribution in [1.29, 1.82) is 0 Å². The molecule has 3 aromatic heterocycles. The molecule has 1 atom stereocenters. The smallest absolute Gasteiger partial charge is 0.364 e. The lowest BCUT2D eigenvalue weighted by atomic mass is 10.2. The number of anilines is 2. The van der Waals surface area contributed by atoms with Gasteiger partial charge in [-0.3, -0.25) is 5.32 Å². The van der Waals surface area contributed by atoms with E-state index in [1.165, 1.54) is 0 Å². The number of carbonyl (C=O) groups excluding carboxylic acids is 1. The van der Waals surface area contributed by atoms with Gasteiger partial charge in [0, 0.05) is 31.5 Å². The van der Waals surface area contributed by atoms with Gasteiger partial charge in [-0.15, -0.1) is 15.3 Å². The molecule has 3 aromatic rings. The molecule has 0 aliphatic carbocycles. The average molecular weight is 392 g/mol. The molecule has 146 valence electrons. The van der Waals surface area contributed by atoms with Crippen LogP contribution in [0.1, 0.15) is 12.1 Å². The van der Waals surface area contributed by atoms with Gasteiger partial charge >= 0.3 is 12.2 Å². The fourth-order valence-corrected chi connectivity index (χ4v) is 2.90. The largest absolute Gasteiger partial charge is 0.435 e. The van der Waals surface area contributed by atoms with Crippen molar-refractivity contribution in [3.05, 3.63) is 42.4 Å². The summed E-state index contributed by atoms with van der Waals surface area (Å²) in [6.45, 7) is 0.911. The molecule has 0 aromatic carbocycles. The Morgan fingerprint density at radius 1 is 1.14 bits per heavy atom. The Balaban J connectivity index is 1.33. The fraction of sp³-hybridized carbons (Fsp3) is 0.312. The second-order valence-electron chi connectivity index (χ2n) is 6.26. The molecular weight excluding hydrogens is 377 g/mol. The zero-order valence-electron chi connectivity index (χ0n) is 14.4. The molecule has 1 unspecified atom stereocenters. The Kier molecular flexibility index (Phi) is 4.45. The summed E-state index contributed by atoms with van der Waals surface area (Å²) in [6, 6.07) is 5.04. The van der Waals surface area contributed by atoms with Crippen LogP contribution in [0.2, 0.25) is 0 Å². The molecule has 0 bridgehead atoms. The van der Waals surface area contributed by atoms with Crippen LogP contribution in [0.3, 0.4) is 0 Å². The second-order valence-corrected chi connectivity index (χ2v) is 6.26. The second kappa shape index (κ2) is 6.94. The molecule has 1 aliphatic rings. The van der Waals surface area contributed by atoms with E-state index in [-0.39, 0.29) is 11.9 Å². The van der Waals surface area contributed by atoms with Crippen LogP contribution in [0.15, 0.2) is 36.7 Å². The molecule has 1 saturated heterocycles. The first-order chi connectivity index (χ1) is 13.4. The highest BCUT2D eigenvalue weighted by Gasteiger charge is 2.33. The third-order valence-corrected chi connectivity index (χ3v) is 4.27. The summed E-state index contributed by atoms with van der Waals surface area (Å²) < 4.78 is 39.2. The number of carbonyl (C=O) groups is 1. The van der Waals surface area contributed by atoms with Crippen molar-refractivity contribution in [3.8, 4) is 0 Å². The van der Waals surface area contributed by atoms with E-state index < -0.39 is 17.9 Å². The molecule has 0 radical (unpaired) electrons. The molecule has 4 heterocycles. The summed E-state index contributed by atoms with van der Waals surface area (Å²) in [6.07, 6.45) is -0.481. The SMILES string of the molecule is O=C(Nc1ccc(C(F)(F)F)nn1)N1CCC(Nc2ccc3nccn3n2)C1. The highest BCUT2D eigenvalue weighted by molar-refractivity contribution is 5.88. The van der Waals surface area contributed by atoms with Gasteiger partial charge in [-0.25, -0.2) is 14.3 Å². The van der Waals surface area contributed by atoms with Crippen LogP contribution in [0.25, 0.3) is 5.65 Å². The van der Waals surface area contributed by atoms with E-state index in [2.05, 4.69) is 30.9 Å². The number of hydrogen-bond acceptors (Lipinski definition) is 6. The predicted octanol–water partition coefficient (Wildman–Crippen LogP) is 2.26. The van der Waals surface area contributed by atoms with Crippen molar-refractivity contribution in [1.82, 2.24) is 29.7 Å². The minimum Gasteiger partial charge on any atom is -0.364 e. The van der Waals surface area contributed by atoms with Gasteiger partial charge in [-0.1, -0.05) is 0 Å². The van der Waals surface area contributed by atoms with Crippen LogP contribution in [-0.4, -0.2) is 54.9 Å². The lowest BCUT2D eigenvalue weighted by molar-refractivity contribution is -0.141. The van der Waals surface area contributed by atoms with Gasteiger partial charge in [0.05, 0.1) is 0 Å². The minimum absolute atomic E-state index is 0.00193. The zero-order chi connectivity index (χ0) is 19.7. The van der Waals surface area contributed by atoms with Crippen molar-refractivity contribution < 1.29 is 18.0 Å². The first kappa shape index (κ1) is 17.9. The summed E-state index contributed by atoms with van der Waals surface area (Å²) in [5.41, 5.74) is -0.381. The third kappa shape index (κ3) is 3.80. The molecule has 0 spiro atoms. The topological polar surface area (TPSA) is 100 Å². The molecule has 28 heavy (non-hydrogen) atoms. The normalized spacial score (nSPS) is 17.1. The molecule has 2 amide bonds. The fourth-order valence-electron chi connectivity index (χ4n) is 2.90. The van der Waals surface area contributed by atoms with Crippen LogP contribution in [0, 0.1) is 0 Å². The summed E-state index contributed by atoms with van der Waals surface area (Å²) in [5, 5.41) is 16.6. The standard InChI is InChI=1S/C16H15F3N8O/c17-16(18,19)11-1-2-12(24-23-11)22-15(28)26-7-5-10(9-26)21-13-3-4-14-20-6-8-27(14)25-13/h1-4,6,8,10H,5,7,9H2,(H,21,25)(H,22,24,28). The first-order valence-corrected chi connectivity index (χ1v) is 8.42. The van der Waals surface area contributed by atoms with Crippen LogP contribution in [0.5, 0.6) is 0 Å². The Hall–Kier alpha value is -3.44. The zero-order valence-corrected chi connectivity index (χ0v) is 14.4. The number of nitrogens with one attached hydrogen (secondary N) is 2. The number of nitrogens with zero attached hydrogens (tertiary/aromatic N) is 6. The van der Waals surface area contributed by atoms with Crippen LogP contribution in [-0.2, 0) is 6.18 Å². The molecule has 9 nitrogen and oxygen atoms in total. The number of fused-ring (bicyclic) bond motifs is 1. The number of imidazole rings is 1. The average Bonchev–Trinajstić information content (AvgIpc) is 3.30. The maximum Gasteiger partial charge on any atom is 0.435 e. The lowest BCUT2D eigenvalue weighted by Crippen LogP contribution is -2.35. The van der Waals surface area contributed by atoms with Crippen LogP contribution >= 0.6 is 0 Å². The number of aromatic nitrogens is 5. The van der Waals surface area contributed by atoms with Crippen molar-refractivity contribution in [2.45, 2.75) is 18.6 Å². The van der Waals surface area contributed by atoms with Gasteiger partial charge in [-0.05, 0) is 30.7 Å². The van der Waals surface area contributed by atoms with E-state index >= 15 is 0 Å². The van der Waals surface area contributed by atoms with Gasteiger partial charge in [0.2, 0.25) is 0 Å². The Labute approximate surface area is 156 Å². The van der Waals surface area contributed by atoms with E-state index in [0.29, 0.717) is 25.3 Å². The first-order valence-electron chi connectivity index (χ1n) is 8.42. The Morgan fingerprint density at radius 2 is 1.96 bits per heavy atom. The molecule has 1 fully saturated rings. The maximum absolute atomic E-state index is 12.5. The minimum atomic E-state index is -4.57. The number of halogens is 3. The van der Waals surface area contributed by atoms with E-state index in [1.807, 2.05) is 12.1 Å². The van der Waals surface area contributed by atoms with E-state index in [0.717, 1.165) is 17.8 Å². The predicted molar refractivity (Wildman–Crippen MR) is 92.6 cm³/mol. The van der Waals surface area contributed by atoms with E-state index in [9.17, 15) is 18.0 Å². The third-order valence-electron chi connectivity index (χ3n) is 4.27. The molecule has 1 aliphatic heterocycles. The molecule has 4 rings (SSSR count). The van der Waals surface area contributed by atoms with Crippen LogP contribution < -0.4 is 10.6 Å². The molecule has 12 heteroatoms. The van der Waals surface area contributed by atoms with Crippen molar-refractivity contribution in [2.75, 3.05) is 23.7 Å². The van der Waals surface area contributed by atoms with Gasteiger partial charge in [0.25, 0.3) is 0 Å². The summed E-state index contributed by atoms with van der Waals surface area (Å²) in [5.74, 6) is 0.619. The number of urea groups is 1. The highest BCUT2D eigenvalue weighted by atomic mass is 19.4. The monoisotopic (exact) mass is 392 g/mol. The van der Waals surface area contributed by atoms with Gasteiger partial charge < -0.3 is 10.2 Å². The van der Waals surface area contributed by atoms with Crippen molar-refractivity contribution >= 4 is 23.3 Å². The van der Waals surface area contributed by atoms with E-state index in [4.69, 9.17) is 0 Å². The van der Waals surface area contributed by atoms with Gasteiger partial charge in [0.15, 0.2) is 17.2 Å². The van der Waals surface area contributed by atoms with Crippen LogP contribution in [0.4, 0.5) is 29.6 Å². The lowest BCUT2D eigenvalue weighted by Gasteiger charge is -2.17. The Morgan fingerprint density at radius 3 is 2.71 bits per heavy atom. The number of hydrogen-bond donors (Lipinski definition) is 2. The van der Waals surface area contributed by atoms with Gasteiger partial charge in [-0.2, -0.15) is 13.2 Å². The number of alkyl halides is 3. The summed E-state index contributed by atoms with van der Waals surface area (Å²) in [4.78, 5) is 18.0. The van der Waals surface area contributed by atoms with Gasteiger partial charge in [0.1, 0.15) is 5.82 Å². The van der Waals surface area contributed by atoms with Crippen molar-refractivity contribution in [2.24, 2.45) is 0 Å². The van der Waals surface area contributed by atoms with E-state index in [1.54, 1.807) is 21.8 Å². The quantitative estimate of drug-likeness (QED) is 0.709. The summed E-state index contributed by atoms with van der Waals surface area (Å²) in [7, 11) is 0. The highest BCUT2D eigenvalue weighted by Crippen LogP contribution is 2.27. The Bertz CT molecular complexity index is 987. The van der Waals surface area contributed by atoms with Crippen molar-refractivity contribution in [3.63, 3.8) is 0 Å². The summed E-state index contributed by atoms with van der Waals surface area (Å²) >= 11 is 0. The molecular formula is C16H15F3N8O.